The molecule has 0 aliphatic carbocycles. The molecule has 0 radical (unpaired) electrons. The van der Waals surface area contributed by atoms with Gasteiger partial charge in [0.1, 0.15) is 5.75 Å². The minimum absolute atomic E-state index is 0.171. The van der Waals surface area contributed by atoms with E-state index in [0.29, 0.717) is 12.3 Å². The molecule has 1 heterocycles. The zero-order valence-corrected chi connectivity index (χ0v) is 13.0. The van der Waals surface area contributed by atoms with E-state index in [4.69, 9.17) is 4.74 Å². The minimum atomic E-state index is 0.171. The number of hydrogen-bond donors (Lipinski definition) is 2. The summed E-state index contributed by atoms with van der Waals surface area (Å²) in [6, 6.07) is 8.51. The fourth-order valence-corrected chi connectivity index (χ4v) is 2.34. The van der Waals surface area contributed by atoms with Gasteiger partial charge in [0, 0.05) is 25.6 Å². The van der Waals surface area contributed by atoms with Crippen molar-refractivity contribution in [3.8, 4) is 5.75 Å². The van der Waals surface area contributed by atoms with Crippen molar-refractivity contribution in [2.24, 2.45) is 5.92 Å². The standard InChI is InChI=1S/C17H26N2O2/c1-13(2)9-10-21-16-6-3-14(4-7-16)11-18-12-15-5-8-17(20)19-15/h3-4,6-7,13,15,18H,5,8-12H2,1-2H3,(H,19,20). The monoisotopic (exact) mass is 290 g/mol. The lowest BCUT2D eigenvalue weighted by Gasteiger charge is -2.12. The van der Waals surface area contributed by atoms with E-state index < -0.39 is 0 Å². The van der Waals surface area contributed by atoms with Crippen LogP contribution >= 0.6 is 0 Å². The summed E-state index contributed by atoms with van der Waals surface area (Å²) >= 11 is 0. The van der Waals surface area contributed by atoms with Gasteiger partial charge in [-0.1, -0.05) is 26.0 Å². The first-order valence-corrected chi connectivity index (χ1v) is 7.85. The average Bonchev–Trinajstić information content (AvgIpc) is 2.86. The quantitative estimate of drug-likeness (QED) is 0.773. The molecular weight excluding hydrogens is 264 g/mol. The normalized spacial score (nSPS) is 18.0. The van der Waals surface area contributed by atoms with Gasteiger partial charge in [-0.3, -0.25) is 4.79 Å². The molecule has 21 heavy (non-hydrogen) atoms. The summed E-state index contributed by atoms with van der Waals surface area (Å²) in [6.07, 6.45) is 2.68. The van der Waals surface area contributed by atoms with Gasteiger partial charge in [-0.25, -0.2) is 0 Å². The lowest BCUT2D eigenvalue weighted by atomic mass is 10.1. The highest BCUT2D eigenvalue weighted by molar-refractivity contribution is 5.78. The average molecular weight is 290 g/mol. The molecule has 116 valence electrons. The van der Waals surface area contributed by atoms with Crippen LogP contribution in [0.5, 0.6) is 5.75 Å². The fourth-order valence-electron chi connectivity index (χ4n) is 2.34. The van der Waals surface area contributed by atoms with Crippen LogP contribution in [0.15, 0.2) is 24.3 Å². The van der Waals surface area contributed by atoms with E-state index in [-0.39, 0.29) is 11.9 Å². The summed E-state index contributed by atoms with van der Waals surface area (Å²) in [5.41, 5.74) is 1.23. The van der Waals surface area contributed by atoms with Crippen molar-refractivity contribution >= 4 is 5.91 Å². The second-order valence-electron chi connectivity index (χ2n) is 6.11. The first kappa shape index (κ1) is 15.8. The summed E-state index contributed by atoms with van der Waals surface area (Å²) in [5, 5.41) is 6.35. The topological polar surface area (TPSA) is 50.4 Å². The van der Waals surface area contributed by atoms with Crippen molar-refractivity contribution in [3.05, 3.63) is 29.8 Å². The molecule has 1 atom stereocenters. The van der Waals surface area contributed by atoms with Crippen LogP contribution in [0.1, 0.15) is 38.7 Å². The van der Waals surface area contributed by atoms with E-state index in [1.807, 2.05) is 12.1 Å². The summed E-state index contributed by atoms with van der Waals surface area (Å²) in [7, 11) is 0. The predicted octanol–water partition coefficient (Wildman–Crippen LogP) is 2.48. The van der Waals surface area contributed by atoms with Crippen LogP contribution in [0.4, 0.5) is 0 Å². The van der Waals surface area contributed by atoms with Gasteiger partial charge in [0.15, 0.2) is 0 Å². The van der Waals surface area contributed by atoms with Crippen LogP contribution in [0.25, 0.3) is 0 Å². The third kappa shape index (κ3) is 5.76. The van der Waals surface area contributed by atoms with Gasteiger partial charge < -0.3 is 15.4 Å². The van der Waals surface area contributed by atoms with Gasteiger partial charge in [0.25, 0.3) is 0 Å². The Balaban J connectivity index is 1.66. The molecule has 0 saturated carbocycles. The summed E-state index contributed by atoms with van der Waals surface area (Å²) in [5.74, 6) is 1.77. The molecule has 1 aromatic carbocycles. The van der Waals surface area contributed by atoms with Gasteiger partial charge >= 0.3 is 0 Å². The second kappa shape index (κ2) is 8.03. The number of benzene rings is 1. The zero-order chi connectivity index (χ0) is 15.1. The van der Waals surface area contributed by atoms with Crippen molar-refractivity contribution < 1.29 is 9.53 Å². The Morgan fingerprint density at radius 2 is 2.10 bits per heavy atom. The molecule has 1 saturated heterocycles. The number of amides is 1. The Hall–Kier alpha value is -1.55. The molecule has 1 unspecified atom stereocenters. The molecule has 2 N–H and O–H groups in total. The molecule has 1 aliphatic heterocycles. The number of carbonyl (C=O) groups is 1. The molecule has 1 aliphatic rings. The summed E-state index contributed by atoms with van der Waals surface area (Å²) in [4.78, 5) is 11.1. The maximum atomic E-state index is 11.1. The van der Waals surface area contributed by atoms with Crippen LogP contribution in [0.3, 0.4) is 0 Å². The van der Waals surface area contributed by atoms with Crippen LogP contribution in [0.2, 0.25) is 0 Å². The molecular formula is C17H26N2O2. The van der Waals surface area contributed by atoms with Crippen LogP contribution in [-0.2, 0) is 11.3 Å². The van der Waals surface area contributed by atoms with Crippen molar-refractivity contribution in [3.63, 3.8) is 0 Å². The van der Waals surface area contributed by atoms with Gasteiger partial charge in [-0.05, 0) is 36.5 Å². The molecule has 0 aromatic heterocycles. The fraction of sp³-hybridized carbons (Fsp3) is 0.588. The molecule has 1 amide bonds. The largest absolute Gasteiger partial charge is 0.494 e. The Labute approximate surface area is 127 Å². The van der Waals surface area contributed by atoms with E-state index in [1.165, 1.54) is 5.56 Å². The van der Waals surface area contributed by atoms with E-state index >= 15 is 0 Å². The second-order valence-corrected chi connectivity index (χ2v) is 6.11. The van der Waals surface area contributed by atoms with Crippen molar-refractivity contribution in [2.45, 2.75) is 45.7 Å². The Bertz CT molecular complexity index is 443. The SMILES string of the molecule is CC(C)CCOc1ccc(CNCC2CCC(=O)N2)cc1. The van der Waals surface area contributed by atoms with Gasteiger partial charge in [-0.2, -0.15) is 0 Å². The molecule has 0 spiro atoms. The maximum Gasteiger partial charge on any atom is 0.220 e. The lowest BCUT2D eigenvalue weighted by molar-refractivity contribution is -0.119. The van der Waals surface area contributed by atoms with Crippen molar-refractivity contribution in [1.29, 1.82) is 0 Å². The third-order valence-electron chi connectivity index (χ3n) is 3.69. The molecule has 1 aromatic rings. The smallest absolute Gasteiger partial charge is 0.220 e. The molecule has 0 bridgehead atoms. The molecule has 2 rings (SSSR count). The summed E-state index contributed by atoms with van der Waals surface area (Å²) in [6.45, 7) is 6.82. The Morgan fingerprint density at radius 3 is 2.71 bits per heavy atom. The summed E-state index contributed by atoms with van der Waals surface area (Å²) < 4.78 is 5.70. The first-order valence-electron chi connectivity index (χ1n) is 7.85. The Kier molecular flexibility index (Phi) is 6.05. The van der Waals surface area contributed by atoms with E-state index in [0.717, 1.165) is 38.3 Å². The van der Waals surface area contributed by atoms with Crippen molar-refractivity contribution in [1.82, 2.24) is 10.6 Å². The lowest BCUT2D eigenvalue weighted by Crippen LogP contribution is -2.35. The molecule has 4 heteroatoms. The van der Waals surface area contributed by atoms with E-state index in [2.05, 4.69) is 36.6 Å². The van der Waals surface area contributed by atoms with Crippen LogP contribution in [0, 0.1) is 5.92 Å². The van der Waals surface area contributed by atoms with Crippen LogP contribution in [-0.4, -0.2) is 25.1 Å². The van der Waals surface area contributed by atoms with Gasteiger partial charge in [0.05, 0.1) is 6.61 Å². The van der Waals surface area contributed by atoms with E-state index in [9.17, 15) is 4.79 Å². The number of rotatable bonds is 8. The highest BCUT2D eigenvalue weighted by Crippen LogP contribution is 2.13. The maximum absolute atomic E-state index is 11.1. The highest BCUT2D eigenvalue weighted by Gasteiger charge is 2.19. The van der Waals surface area contributed by atoms with Gasteiger partial charge in [0.2, 0.25) is 5.91 Å². The first-order chi connectivity index (χ1) is 10.1. The highest BCUT2D eigenvalue weighted by atomic mass is 16.5. The van der Waals surface area contributed by atoms with Crippen LogP contribution < -0.4 is 15.4 Å². The van der Waals surface area contributed by atoms with Gasteiger partial charge in [-0.15, -0.1) is 0 Å². The zero-order valence-electron chi connectivity index (χ0n) is 13.0. The Morgan fingerprint density at radius 1 is 1.33 bits per heavy atom. The molecule has 1 fully saturated rings. The molecule has 4 nitrogen and oxygen atoms in total. The number of ether oxygens (including phenoxy) is 1. The minimum Gasteiger partial charge on any atom is -0.494 e. The number of nitrogens with one attached hydrogen (secondary N) is 2. The number of hydrogen-bond acceptors (Lipinski definition) is 3. The third-order valence-corrected chi connectivity index (χ3v) is 3.69. The number of carbonyl (C=O) groups excluding carboxylic acids is 1. The van der Waals surface area contributed by atoms with E-state index in [1.54, 1.807) is 0 Å². The van der Waals surface area contributed by atoms with Crippen molar-refractivity contribution in [2.75, 3.05) is 13.2 Å². The predicted molar refractivity (Wildman–Crippen MR) is 84.3 cm³/mol.